The minimum atomic E-state index is -0.301. The van der Waals surface area contributed by atoms with Crippen molar-refractivity contribution in [2.45, 2.75) is 71.4 Å². The largest absolute Gasteiger partial charge is 0.385 e. The first kappa shape index (κ1) is 28.0. The van der Waals surface area contributed by atoms with Gasteiger partial charge in [0.05, 0.1) is 13.1 Å². The standard InChI is InChI=1S/C27H39FN2O3S/c1-3-4-5-6-7-8-12-26(31)29(17-10-18-33-2)22-27(32)30(21-25-11-9-19-34-25)20-23-13-15-24(28)16-14-23/h9,11,13-16,19H,3-8,10,12,17-18,20-22H2,1-2H3. The minimum Gasteiger partial charge on any atom is -0.385 e. The number of carbonyl (C=O) groups is 2. The summed E-state index contributed by atoms with van der Waals surface area (Å²) in [5.74, 6) is -0.381. The van der Waals surface area contributed by atoms with E-state index in [0.717, 1.165) is 29.7 Å². The fourth-order valence-electron chi connectivity index (χ4n) is 3.80. The fraction of sp³-hybridized carbons (Fsp3) is 0.556. The van der Waals surface area contributed by atoms with Crippen LogP contribution in [0.3, 0.4) is 0 Å². The lowest BCUT2D eigenvalue weighted by Gasteiger charge is -2.28. The third-order valence-electron chi connectivity index (χ3n) is 5.77. The molecule has 7 heteroatoms. The van der Waals surface area contributed by atoms with Crippen LogP contribution in [0, 0.1) is 5.82 Å². The van der Waals surface area contributed by atoms with Crippen molar-refractivity contribution in [3.63, 3.8) is 0 Å². The smallest absolute Gasteiger partial charge is 0.242 e. The van der Waals surface area contributed by atoms with Gasteiger partial charge in [-0.15, -0.1) is 11.3 Å². The number of rotatable bonds is 17. The molecule has 0 saturated heterocycles. The van der Waals surface area contributed by atoms with E-state index in [9.17, 15) is 14.0 Å². The summed E-state index contributed by atoms with van der Waals surface area (Å²) in [5.41, 5.74) is 0.857. The molecule has 5 nitrogen and oxygen atoms in total. The number of unbranched alkanes of at least 4 members (excludes halogenated alkanes) is 5. The van der Waals surface area contributed by atoms with E-state index >= 15 is 0 Å². The number of carbonyl (C=O) groups excluding carboxylic acids is 2. The Morgan fingerprint density at radius 2 is 1.65 bits per heavy atom. The number of hydrogen-bond donors (Lipinski definition) is 0. The van der Waals surface area contributed by atoms with Gasteiger partial charge >= 0.3 is 0 Å². The highest BCUT2D eigenvalue weighted by molar-refractivity contribution is 7.09. The maximum absolute atomic E-state index is 13.4. The number of nitrogens with zero attached hydrogens (tertiary/aromatic N) is 2. The van der Waals surface area contributed by atoms with Crippen molar-refractivity contribution >= 4 is 23.2 Å². The van der Waals surface area contributed by atoms with E-state index in [4.69, 9.17) is 4.74 Å². The van der Waals surface area contributed by atoms with Crippen LogP contribution in [0.25, 0.3) is 0 Å². The van der Waals surface area contributed by atoms with Gasteiger partial charge in [-0.1, -0.05) is 57.2 Å². The van der Waals surface area contributed by atoms with Gasteiger partial charge in [0.25, 0.3) is 0 Å². The molecule has 0 unspecified atom stereocenters. The second-order valence-electron chi connectivity index (χ2n) is 8.64. The second kappa shape index (κ2) is 16.4. The van der Waals surface area contributed by atoms with Gasteiger partial charge < -0.3 is 14.5 Å². The van der Waals surface area contributed by atoms with Crippen LogP contribution in [0.5, 0.6) is 0 Å². The van der Waals surface area contributed by atoms with Crippen molar-refractivity contribution in [2.24, 2.45) is 0 Å². The number of halogens is 1. The molecule has 1 heterocycles. The molecule has 2 aromatic rings. The summed E-state index contributed by atoms with van der Waals surface area (Å²) in [7, 11) is 1.64. The molecular weight excluding hydrogens is 451 g/mol. The van der Waals surface area contributed by atoms with Gasteiger partial charge in [0, 0.05) is 38.1 Å². The summed E-state index contributed by atoms with van der Waals surface area (Å²) in [6, 6.07) is 10.2. The number of benzene rings is 1. The van der Waals surface area contributed by atoms with Crippen molar-refractivity contribution in [1.82, 2.24) is 9.80 Å². The predicted molar refractivity (Wildman–Crippen MR) is 136 cm³/mol. The van der Waals surface area contributed by atoms with E-state index in [1.807, 2.05) is 17.5 Å². The molecule has 0 aliphatic rings. The van der Waals surface area contributed by atoms with Crippen LogP contribution in [0.2, 0.25) is 0 Å². The highest BCUT2D eigenvalue weighted by Gasteiger charge is 2.22. The number of thiophene rings is 1. The molecule has 0 aliphatic heterocycles. The molecule has 1 aromatic carbocycles. The van der Waals surface area contributed by atoms with E-state index < -0.39 is 0 Å². The maximum Gasteiger partial charge on any atom is 0.242 e. The highest BCUT2D eigenvalue weighted by atomic mass is 32.1. The molecule has 0 fully saturated rings. The summed E-state index contributed by atoms with van der Waals surface area (Å²) in [5, 5.41) is 1.98. The molecule has 0 spiro atoms. The quantitative estimate of drug-likeness (QED) is 0.254. The van der Waals surface area contributed by atoms with Crippen LogP contribution in [-0.2, 0) is 27.4 Å². The van der Waals surface area contributed by atoms with Crippen molar-refractivity contribution in [2.75, 3.05) is 26.8 Å². The van der Waals surface area contributed by atoms with E-state index in [0.29, 0.717) is 39.1 Å². The Bertz CT molecular complexity index is 827. The Kier molecular flexibility index (Phi) is 13.5. The van der Waals surface area contributed by atoms with Crippen molar-refractivity contribution in [1.29, 1.82) is 0 Å². The van der Waals surface area contributed by atoms with Crippen molar-refractivity contribution < 1.29 is 18.7 Å². The van der Waals surface area contributed by atoms with Crippen LogP contribution in [0.4, 0.5) is 4.39 Å². The van der Waals surface area contributed by atoms with E-state index in [2.05, 4.69) is 6.92 Å². The Hall–Kier alpha value is -2.25. The van der Waals surface area contributed by atoms with Crippen molar-refractivity contribution in [3.05, 3.63) is 58.0 Å². The van der Waals surface area contributed by atoms with Crippen LogP contribution in [0.1, 0.15) is 68.7 Å². The van der Waals surface area contributed by atoms with Gasteiger partial charge in [-0.3, -0.25) is 9.59 Å². The highest BCUT2D eigenvalue weighted by Crippen LogP contribution is 2.16. The summed E-state index contributed by atoms with van der Waals surface area (Å²) in [6.07, 6.45) is 7.85. The summed E-state index contributed by atoms with van der Waals surface area (Å²) < 4.78 is 18.5. The predicted octanol–water partition coefficient (Wildman–Crippen LogP) is 6.03. The molecule has 0 aliphatic carbocycles. The fourth-order valence-corrected chi connectivity index (χ4v) is 4.52. The Morgan fingerprint density at radius 1 is 0.912 bits per heavy atom. The van der Waals surface area contributed by atoms with E-state index in [1.54, 1.807) is 40.4 Å². The molecule has 0 atom stereocenters. The molecule has 0 N–H and O–H groups in total. The first-order valence-corrected chi connectivity index (χ1v) is 13.2. The van der Waals surface area contributed by atoms with Crippen LogP contribution in [0.15, 0.2) is 41.8 Å². The minimum absolute atomic E-state index is 0.0257. The lowest BCUT2D eigenvalue weighted by Crippen LogP contribution is -2.43. The zero-order valence-corrected chi connectivity index (χ0v) is 21.5. The number of ether oxygens (including phenoxy) is 1. The average molecular weight is 491 g/mol. The van der Waals surface area contributed by atoms with Gasteiger partial charge in [0.2, 0.25) is 11.8 Å². The molecular formula is C27H39FN2O3S. The molecule has 34 heavy (non-hydrogen) atoms. The molecule has 2 amide bonds. The lowest BCUT2D eigenvalue weighted by molar-refractivity contribution is -0.141. The monoisotopic (exact) mass is 490 g/mol. The summed E-state index contributed by atoms with van der Waals surface area (Å²) >= 11 is 1.59. The van der Waals surface area contributed by atoms with Crippen LogP contribution in [-0.4, -0.2) is 48.4 Å². The van der Waals surface area contributed by atoms with Gasteiger partial charge in [-0.2, -0.15) is 0 Å². The zero-order valence-electron chi connectivity index (χ0n) is 20.6. The zero-order chi connectivity index (χ0) is 24.6. The first-order chi connectivity index (χ1) is 16.5. The molecule has 0 bridgehead atoms. The third-order valence-corrected chi connectivity index (χ3v) is 6.63. The normalized spacial score (nSPS) is 10.9. The van der Waals surface area contributed by atoms with E-state index in [-0.39, 0.29) is 24.2 Å². The number of amides is 2. The van der Waals surface area contributed by atoms with Gasteiger partial charge in [0.15, 0.2) is 0 Å². The topological polar surface area (TPSA) is 49.9 Å². The van der Waals surface area contributed by atoms with E-state index in [1.165, 1.54) is 31.4 Å². The molecule has 0 radical (unpaired) electrons. The molecule has 1 aromatic heterocycles. The summed E-state index contributed by atoms with van der Waals surface area (Å²) in [6.45, 7) is 4.11. The molecule has 2 rings (SSSR count). The third kappa shape index (κ3) is 10.8. The Labute approximate surface area is 207 Å². The number of hydrogen-bond acceptors (Lipinski definition) is 4. The van der Waals surface area contributed by atoms with Gasteiger partial charge in [-0.05, 0) is 42.0 Å². The second-order valence-corrected chi connectivity index (χ2v) is 9.67. The Balaban J connectivity index is 2.02. The molecule has 0 saturated carbocycles. The summed E-state index contributed by atoms with van der Waals surface area (Å²) in [4.78, 5) is 30.8. The lowest BCUT2D eigenvalue weighted by atomic mass is 10.1. The SMILES string of the molecule is CCCCCCCCC(=O)N(CCCOC)CC(=O)N(Cc1ccc(F)cc1)Cc1cccs1. The number of methoxy groups -OCH3 is 1. The average Bonchev–Trinajstić information content (AvgIpc) is 3.34. The van der Waals surface area contributed by atoms with Crippen LogP contribution >= 0.6 is 11.3 Å². The van der Waals surface area contributed by atoms with Crippen LogP contribution < -0.4 is 0 Å². The Morgan fingerprint density at radius 3 is 2.32 bits per heavy atom. The maximum atomic E-state index is 13.4. The first-order valence-electron chi connectivity index (χ1n) is 12.3. The van der Waals surface area contributed by atoms with Crippen molar-refractivity contribution in [3.8, 4) is 0 Å². The van der Waals surface area contributed by atoms with Gasteiger partial charge in [-0.25, -0.2) is 4.39 Å². The van der Waals surface area contributed by atoms with Gasteiger partial charge in [0.1, 0.15) is 5.82 Å². The molecule has 188 valence electrons.